The fourth-order valence-corrected chi connectivity index (χ4v) is 4.18. The Kier molecular flexibility index (Phi) is 5.76. The molecule has 96 valence electrons. The molecule has 0 unspecified atom stereocenters. The van der Waals surface area contributed by atoms with E-state index >= 15 is 0 Å². The Balaban J connectivity index is 2.30. The van der Waals surface area contributed by atoms with Gasteiger partial charge in [-0.3, -0.25) is 0 Å². The SMILES string of the molecule is CCC(CC)NCCS(=O)(=O)C1CCCC1. The number of nitrogens with one attached hydrogen (secondary N) is 1. The second-order valence-electron chi connectivity index (χ2n) is 4.74. The Morgan fingerprint density at radius 1 is 1.19 bits per heavy atom. The summed E-state index contributed by atoms with van der Waals surface area (Å²) in [5.41, 5.74) is 0. The van der Waals surface area contributed by atoms with Gasteiger partial charge in [-0.05, 0) is 25.7 Å². The van der Waals surface area contributed by atoms with Gasteiger partial charge in [0.25, 0.3) is 0 Å². The smallest absolute Gasteiger partial charge is 0.154 e. The molecule has 0 bridgehead atoms. The Labute approximate surface area is 99.9 Å². The van der Waals surface area contributed by atoms with Gasteiger partial charge in [0.2, 0.25) is 0 Å². The lowest BCUT2D eigenvalue weighted by molar-refractivity contribution is 0.496. The minimum absolute atomic E-state index is 0.0454. The molecule has 0 aromatic rings. The third kappa shape index (κ3) is 4.06. The molecule has 3 nitrogen and oxygen atoms in total. The summed E-state index contributed by atoms with van der Waals surface area (Å²) in [5, 5.41) is 3.27. The standard InChI is InChI=1S/C12H25NO2S/c1-3-11(4-2)13-9-10-16(14,15)12-7-5-6-8-12/h11-13H,3-10H2,1-2H3. The van der Waals surface area contributed by atoms with Crippen molar-refractivity contribution in [3.8, 4) is 0 Å². The summed E-state index contributed by atoms with van der Waals surface area (Å²) in [5.74, 6) is 0.314. The maximum Gasteiger partial charge on any atom is 0.154 e. The topological polar surface area (TPSA) is 46.2 Å². The van der Waals surface area contributed by atoms with E-state index in [0.717, 1.165) is 38.5 Å². The monoisotopic (exact) mass is 247 g/mol. The van der Waals surface area contributed by atoms with Crippen LogP contribution >= 0.6 is 0 Å². The van der Waals surface area contributed by atoms with Crippen LogP contribution in [0.5, 0.6) is 0 Å². The predicted molar refractivity (Wildman–Crippen MR) is 68.4 cm³/mol. The zero-order chi connectivity index (χ0) is 12.0. The van der Waals surface area contributed by atoms with E-state index in [-0.39, 0.29) is 5.25 Å². The molecule has 0 aromatic carbocycles. The van der Waals surface area contributed by atoms with E-state index in [1.165, 1.54) is 0 Å². The Morgan fingerprint density at radius 3 is 2.25 bits per heavy atom. The van der Waals surface area contributed by atoms with Crippen molar-refractivity contribution in [2.24, 2.45) is 0 Å². The summed E-state index contributed by atoms with van der Waals surface area (Å²) in [4.78, 5) is 0. The van der Waals surface area contributed by atoms with Crippen LogP contribution in [0.2, 0.25) is 0 Å². The van der Waals surface area contributed by atoms with Gasteiger partial charge in [-0.1, -0.05) is 26.7 Å². The maximum atomic E-state index is 12.0. The van der Waals surface area contributed by atoms with Crippen molar-refractivity contribution in [2.75, 3.05) is 12.3 Å². The van der Waals surface area contributed by atoms with Crippen LogP contribution in [0.1, 0.15) is 52.4 Å². The van der Waals surface area contributed by atoms with Crippen molar-refractivity contribution in [1.29, 1.82) is 0 Å². The predicted octanol–water partition coefficient (Wildman–Crippen LogP) is 2.12. The number of hydrogen-bond acceptors (Lipinski definition) is 3. The molecule has 1 aliphatic carbocycles. The third-order valence-corrected chi connectivity index (χ3v) is 5.88. The first-order valence-electron chi connectivity index (χ1n) is 6.55. The van der Waals surface area contributed by atoms with Gasteiger partial charge < -0.3 is 5.32 Å². The van der Waals surface area contributed by atoms with Crippen molar-refractivity contribution in [2.45, 2.75) is 63.7 Å². The van der Waals surface area contributed by atoms with Crippen molar-refractivity contribution >= 4 is 9.84 Å². The van der Waals surface area contributed by atoms with Gasteiger partial charge in [-0.15, -0.1) is 0 Å². The van der Waals surface area contributed by atoms with Gasteiger partial charge in [0.1, 0.15) is 0 Å². The van der Waals surface area contributed by atoms with E-state index in [2.05, 4.69) is 19.2 Å². The Bertz CT molecular complexity index is 277. The Hall–Kier alpha value is -0.0900. The van der Waals surface area contributed by atoms with E-state index in [4.69, 9.17) is 0 Å². The molecule has 0 amide bonds. The lowest BCUT2D eigenvalue weighted by Gasteiger charge is -2.16. The summed E-state index contributed by atoms with van der Waals surface area (Å²) in [7, 11) is -2.83. The van der Waals surface area contributed by atoms with Gasteiger partial charge in [-0.25, -0.2) is 8.42 Å². The highest BCUT2D eigenvalue weighted by Crippen LogP contribution is 2.24. The first-order chi connectivity index (χ1) is 7.60. The maximum absolute atomic E-state index is 12.0. The molecule has 16 heavy (non-hydrogen) atoms. The van der Waals surface area contributed by atoms with Crippen molar-refractivity contribution in [1.82, 2.24) is 5.32 Å². The number of rotatable bonds is 7. The van der Waals surface area contributed by atoms with Gasteiger partial charge in [0, 0.05) is 12.6 Å². The molecule has 0 atom stereocenters. The fourth-order valence-electron chi connectivity index (χ4n) is 2.40. The molecule has 4 heteroatoms. The average molecular weight is 247 g/mol. The fraction of sp³-hybridized carbons (Fsp3) is 1.00. The molecule has 0 aliphatic heterocycles. The van der Waals surface area contributed by atoms with Gasteiger partial charge >= 0.3 is 0 Å². The average Bonchev–Trinajstić information content (AvgIpc) is 2.78. The highest BCUT2D eigenvalue weighted by molar-refractivity contribution is 7.92. The molecule has 1 N–H and O–H groups in total. The van der Waals surface area contributed by atoms with Crippen molar-refractivity contribution < 1.29 is 8.42 Å². The Morgan fingerprint density at radius 2 is 1.75 bits per heavy atom. The molecular weight excluding hydrogens is 222 g/mol. The molecule has 0 saturated heterocycles. The van der Waals surface area contributed by atoms with Crippen LogP contribution < -0.4 is 5.32 Å². The summed E-state index contributed by atoms with van der Waals surface area (Å²) in [6.07, 6.45) is 6.08. The van der Waals surface area contributed by atoms with Crippen LogP contribution in [0.15, 0.2) is 0 Å². The molecule has 1 saturated carbocycles. The highest BCUT2D eigenvalue weighted by atomic mass is 32.2. The van der Waals surface area contributed by atoms with E-state index in [1.54, 1.807) is 0 Å². The van der Waals surface area contributed by atoms with E-state index in [1.807, 2.05) is 0 Å². The molecule has 0 radical (unpaired) electrons. The van der Waals surface area contributed by atoms with Crippen molar-refractivity contribution in [3.05, 3.63) is 0 Å². The van der Waals surface area contributed by atoms with Gasteiger partial charge in [0.05, 0.1) is 11.0 Å². The molecule has 1 aliphatic rings. The second-order valence-corrected chi connectivity index (χ2v) is 7.14. The van der Waals surface area contributed by atoms with E-state index in [0.29, 0.717) is 18.3 Å². The second kappa shape index (κ2) is 6.60. The van der Waals surface area contributed by atoms with Gasteiger partial charge in [0.15, 0.2) is 9.84 Å². The summed E-state index contributed by atoms with van der Waals surface area (Å²) >= 11 is 0. The summed E-state index contributed by atoms with van der Waals surface area (Å²) in [6.45, 7) is 4.88. The van der Waals surface area contributed by atoms with E-state index in [9.17, 15) is 8.42 Å². The lowest BCUT2D eigenvalue weighted by Crippen LogP contribution is -2.34. The van der Waals surface area contributed by atoms with Gasteiger partial charge in [-0.2, -0.15) is 0 Å². The molecular formula is C12H25NO2S. The molecule has 0 aromatic heterocycles. The molecule has 0 spiro atoms. The summed E-state index contributed by atoms with van der Waals surface area (Å²) < 4.78 is 23.9. The lowest BCUT2D eigenvalue weighted by atomic mass is 10.2. The number of sulfone groups is 1. The largest absolute Gasteiger partial charge is 0.313 e. The van der Waals surface area contributed by atoms with Crippen LogP contribution in [0, 0.1) is 0 Å². The van der Waals surface area contributed by atoms with E-state index < -0.39 is 9.84 Å². The van der Waals surface area contributed by atoms with Crippen LogP contribution in [0.4, 0.5) is 0 Å². The zero-order valence-electron chi connectivity index (χ0n) is 10.5. The van der Waals surface area contributed by atoms with Crippen LogP contribution in [-0.4, -0.2) is 32.0 Å². The minimum Gasteiger partial charge on any atom is -0.313 e. The van der Waals surface area contributed by atoms with Crippen LogP contribution in [0.25, 0.3) is 0 Å². The summed E-state index contributed by atoms with van der Waals surface area (Å²) in [6, 6.07) is 0.471. The molecule has 1 rings (SSSR count). The van der Waals surface area contributed by atoms with Crippen molar-refractivity contribution in [3.63, 3.8) is 0 Å². The molecule has 1 fully saturated rings. The quantitative estimate of drug-likeness (QED) is 0.749. The first kappa shape index (κ1) is 14.0. The first-order valence-corrected chi connectivity index (χ1v) is 8.26. The molecule has 0 heterocycles. The minimum atomic E-state index is -2.83. The number of hydrogen-bond donors (Lipinski definition) is 1. The van der Waals surface area contributed by atoms with Crippen LogP contribution in [0.3, 0.4) is 0 Å². The third-order valence-electron chi connectivity index (χ3n) is 3.62. The normalized spacial score (nSPS) is 18.4. The van der Waals surface area contributed by atoms with Crippen LogP contribution in [-0.2, 0) is 9.84 Å². The zero-order valence-corrected chi connectivity index (χ0v) is 11.4. The highest BCUT2D eigenvalue weighted by Gasteiger charge is 2.28.